The molecule has 0 aliphatic rings. The summed E-state index contributed by atoms with van der Waals surface area (Å²) < 4.78 is 5.10. The molecule has 7 heteroatoms. The molecular weight excluding hydrogens is 294 g/mol. The second-order valence-electron chi connectivity index (χ2n) is 4.21. The van der Waals surface area contributed by atoms with Crippen molar-refractivity contribution in [2.24, 2.45) is 0 Å². The Bertz CT molecular complexity index is 474. The van der Waals surface area contributed by atoms with Gasteiger partial charge in [-0.1, -0.05) is 6.08 Å². The molecule has 0 aromatic carbocycles. The Morgan fingerprint density at radius 1 is 1.65 bits per heavy atom. The van der Waals surface area contributed by atoms with Gasteiger partial charge in [-0.25, -0.2) is 0 Å². The van der Waals surface area contributed by atoms with Crippen LogP contribution in [0.2, 0.25) is 0 Å². The predicted molar refractivity (Wildman–Crippen MR) is 88.0 cm³/mol. The highest BCUT2D eigenvalue weighted by Crippen LogP contribution is 2.41. The second-order valence-corrected chi connectivity index (χ2v) is 6.04. The maximum absolute atomic E-state index is 12.0. The van der Waals surface area contributed by atoms with Crippen LogP contribution in [-0.2, 0) is 4.74 Å². The molecule has 0 aliphatic carbocycles. The Kier molecular flexibility index (Phi) is 6.90. The monoisotopic (exact) mass is 315 g/mol. The second kappa shape index (κ2) is 8.18. The Balaban J connectivity index is 2.95. The van der Waals surface area contributed by atoms with Crippen LogP contribution in [0.3, 0.4) is 0 Å². The quantitative estimate of drug-likeness (QED) is 0.507. The van der Waals surface area contributed by atoms with E-state index >= 15 is 0 Å². The molecule has 1 amide bonds. The molecular formula is C13H21N3O2S2. The van der Waals surface area contributed by atoms with E-state index in [0.29, 0.717) is 23.7 Å². The van der Waals surface area contributed by atoms with Crippen LogP contribution in [0.25, 0.3) is 0 Å². The topological polar surface area (TPSA) is 76.4 Å². The van der Waals surface area contributed by atoms with Crippen LogP contribution in [0.4, 0.5) is 10.7 Å². The Morgan fingerprint density at radius 3 is 2.90 bits per heavy atom. The number of hydrogen-bond donors (Lipinski definition) is 3. The molecule has 1 heterocycles. The molecule has 1 aromatic heterocycles. The third-order valence-corrected chi connectivity index (χ3v) is 4.61. The zero-order valence-electron chi connectivity index (χ0n) is 12.0. The molecule has 1 rings (SSSR count). The van der Waals surface area contributed by atoms with Crippen molar-refractivity contribution in [2.45, 2.75) is 17.9 Å². The third kappa shape index (κ3) is 4.16. The largest absolute Gasteiger partial charge is 0.396 e. The fraction of sp³-hybridized carbons (Fsp3) is 0.462. The number of anilines is 2. The number of carbonyl (C=O) groups excluding carboxylic acids is 1. The lowest BCUT2D eigenvalue weighted by atomic mass is 10.3. The van der Waals surface area contributed by atoms with Crippen LogP contribution in [0.1, 0.15) is 16.6 Å². The highest BCUT2D eigenvalue weighted by atomic mass is 32.2. The summed E-state index contributed by atoms with van der Waals surface area (Å²) in [5, 5.41) is 6.98. The number of thiophene rings is 1. The molecule has 0 aliphatic heterocycles. The minimum Gasteiger partial charge on any atom is -0.396 e. The lowest BCUT2D eigenvalue weighted by Crippen LogP contribution is -2.23. The summed E-state index contributed by atoms with van der Waals surface area (Å²) in [6.45, 7) is 6.60. The number of methoxy groups -OCH3 is 1. The molecule has 0 radical (unpaired) electrons. The Labute approximate surface area is 128 Å². The molecule has 4 N–H and O–H groups in total. The average Bonchev–Trinajstić information content (AvgIpc) is 2.72. The molecule has 20 heavy (non-hydrogen) atoms. The van der Waals surface area contributed by atoms with Crippen LogP contribution < -0.4 is 16.4 Å². The van der Waals surface area contributed by atoms with E-state index in [1.165, 1.54) is 23.1 Å². The van der Waals surface area contributed by atoms with Gasteiger partial charge in [0.05, 0.1) is 17.2 Å². The van der Waals surface area contributed by atoms with Crippen molar-refractivity contribution in [3.8, 4) is 0 Å². The number of carbonyl (C=O) groups is 1. The average molecular weight is 315 g/mol. The van der Waals surface area contributed by atoms with E-state index in [1.807, 2.05) is 13.2 Å². The highest BCUT2D eigenvalue weighted by molar-refractivity contribution is 7.99. The van der Waals surface area contributed by atoms with Gasteiger partial charge in [0.15, 0.2) is 0 Å². The van der Waals surface area contributed by atoms with E-state index in [4.69, 9.17) is 10.5 Å². The molecule has 1 unspecified atom stereocenters. The maximum Gasteiger partial charge on any atom is 0.263 e. The molecule has 0 spiro atoms. The number of nitrogens with one attached hydrogen (secondary N) is 2. The van der Waals surface area contributed by atoms with Crippen molar-refractivity contribution in [3.63, 3.8) is 0 Å². The maximum atomic E-state index is 12.0. The van der Waals surface area contributed by atoms with E-state index in [9.17, 15) is 4.79 Å². The van der Waals surface area contributed by atoms with Gasteiger partial charge in [0.25, 0.3) is 5.91 Å². The Hall–Kier alpha value is -1.18. The van der Waals surface area contributed by atoms with E-state index in [2.05, 4.69) is 17.2 Å². The first-order chi connectivity index (χ1) is 9.54. The van der Waals surface area contributed by atoms with Crippen molar-refractivity contribution < 1.29 is 9.53 Å². The molecule has 112 valence electrons. The number of thioether (sulfide) groups is 1. The van der Waals surface area contributed by atoms with Crippen LogP contribution in [-0.4, -0.2) is 38.5 Å². The summed E-state index contributed by atoms with van der Waals surface area (Å²) in [7, 11) is 1.66. The lowest BCUT2D eigenvalue weighted by molar-refractivity contribution is 0.0963. The lowest BCUT2D eigenvalue weighted by Gasteiger charge is -2.13. The van der Waals surface area contributed by atoms with Crippen LogP contribution in [0, 0.1) is 0 Å². The highest BCUT2D eigenvalue weighted by Gasteiger charge is 2.21. The number of amides is 1. The van der Waals surface area contributed by atoms with Gasteiger partial charge in [-0.2, -0.15) is 0 Å². The van der Waals surface area contributed by atoms with Gasteiger partial charge in [-0.05, 0) is 13.2 Å². The first-order valence-electron chi connectivity index (χ1n) is 6.15. The minimum atomic E-state index is -0.171. The van der Waals surface area contributed by atoms with Gasteiger partial charge in [-0.15, -0.1) is 29.7 Å². The van der Waals surface area contributed by atoms with Gasteiger partial charge in [-0.3, -0.25) is 4.79 Å². The summed E-state index contributed by atoms with van der Waals surface area (Å²) in [6.07, 6.45) is 3.58. The van der Waals surface area contributed by atoms with Crippen LogP contribution >= 0.6 is 23.1 Å². The normalized spacial score (nSPS) is 11.9. The number of rotatable bonds is 8. The summed E-state index contributed by atoms with van der Waals surface area (Å²) in [5.41, 5.74) is 6.59. The van der Waals surface area contributed by atoms with Gasteiger partial charge in [0.1, 0.15) is 9.88 Å². The first kappa shape index (κ1) is 16.9. The van der Waals surface area contributed by atoms with E-state index in [-0.39, 0.29) is 11.9 Å². The predicted octanol–water partition coefficient (Wildman–Crippen LogP) is 2.41. The zero-order chi connectivity index (χ0) is 15.1. The van der Waals surface area contributed by atoms with E-state index in [1.54, 1.807) is 13.2 Å². The van der Waals surface area contributed by atoms with Crippen molar-refractivity contribution in [1.29, 1.82) is 0 Å². The number of nitrogen functional groups attached to an aromatic ring is 1. The molecule has 0 saturated heterocycles. The minimum absolute atomic E-state index is 0.146. The van der Waals surface area contributed by atoms with Gasteiger partial charge >= 0.3 is 0 Å². The van der Waals surface area contributed by atoms with Crippen molar-refractivity contribution in [2.75, 3.05) is 37.6 Å². The molecule has 0 saturated carbocycles. The van der Waals surface area contributed by atoms with Crippen LogP contribution in [0.5, 0.6) is 0 Å². The molecule has 0 fully saturated rings. The molecule has 1 aromatic rings. The van der Waals surface area contributed by atoms with E-state index < -0.39 is 0 Å². The summed E-state index contributed by atoms with van der Waals surface area (Å²) >= 11 is 2.89. The van der Waals surface area contributed by atoms with Gasteiger partial charge in [0.2, 0.25) is 0 Å². The SMILES string of the molecule is C=CCNC(=O)c1sc(NC(C)COC)c(SC)c1N. The smallest absolute Gasteiger partial charge is 0.263 e. The molecule has 0 bridgehead atoms. The number of nitrogens with two attached hydrogens (primary N) is 1. The Morgan fingerprint density at radius 2 is 2.35 bits per heavy atom. The van der Waals surface area contributed by atoms with Crippen molar-refractivity contribution in [1.82, 2.24) is 5.32 Å². The fourth-order valence-electron chi connectivity index (χ4n) is 1.66. The number of ether oxygens (including phenoxy) is 1. The van der Waals surface area contributed by atoms with Crippen molar-refractivity contribution >= 4 is 39.7 Å². The number of hydrogen-bond acceptors (Lipinski definition) is 6. The molecule has 5 nitrogen and oxygen atoms in total. The molecule has 1 atom stereocenters. The van der Waals surface area contributed by atoms with Gasteiger partial charge < -0.3 is 21.1 Å². The van der Waals surface area contributed by atoms with E-state index in [0.717, 1.165) is 9.90 Å². The van der Waals surface area contributed by atoms with Gasteiger partial charge in [0, 0.05) is 19.7 Å². The standard InChI is InChI=1S/C13H21N3O2S2/c1-5-6-15-12(17)10-9(14)11(19-4)13(20-10)16-8(2)7-18-3/h5,8,16H,1,6-7,14H2,2-4H3,(H,15,17). The zero-order valence-corrected chi connectivity index (χ0v) is 13.6. The third-order valence-electron chi connectivity index (χ3n) is 2.51. The van der Waals surface area contributed by atoms with Crippen molar-refractivity contribution in [3.05, 3.63) is 17.5 Å². The van der Waals surface area contributed by atoms with Crippen LogP contribution in [0.15, 0.2) is 17.6 Å². The summed E-state index contributed by atoms with van der Waals surface area (Å²) in [6, 6.07) is 0.146. The summed E-state index contributed by atoms with van der Waals surface area (Å²) in [5.74, 6) is -0.171. The summed E-state index contributed by atoms with van der Waals surface area (Å²) in [4.78, 5) is 13.5. The fourth-order valence-corrected chi connectivity index (χ4v) is 3.71. The first-order valence-corrected chi connectivity index (χ1v) is 8.20.